The number of carbonyl (C=O) groups excluding carboxylic acids is 1. The quantitative estimate of drug-likeness (QED) is 0.894. The predicted molar refractivity (Wildman–Crippen MR) is 95.6 cm³/mol. The van der Waals surface area contributed by atoms with Gasteiger partial charge in [-0.1, -0.05) is 12.1 Å². The Morgan fingerprint density at radius 3 is 2.96 bits per heavy atom. The van der Waals surface area contributed by atoms with Crippen LogP contribution in [-0.2, 0) is 0 Å². The highest BCUT2D eigenvalue weighted by molar-refractivity contribution is 5.94. The van der Waals surface area contributed by atoms with Crippen molar-refractivity contribution < 1.29 is 14.6 Å². The van der Waals surface area contributed by atoms with Crippen molar-refractivity contribution in [3.05, 3.63) is 35.7 Å². The summed E-state index contributed by atoms with van der Waals surface area (Å²) in [6.07, 6.45) is 1.86. The molecule has 25 heavy (non-hydrogen) atoms. The van der Waals surface area contributed by atoms with Gasteiger partial charge < -0.3 is 19.7 Å². The third kappa shape index (κ3) is 3.54. The molecule has 2 atom stereocenters. The van der Waals surface area contributed by atoms with E-state index in [4.69, 9.17) is 4.74 Å². The van der Waals surface area contributed by atoms with Gasteiger partial charge in [0.15, 0.2) is 0 Å². The Morgan fingerprint density at radius 2 is 2.24 bits per heavy atom. The fraction of sp³-hybridized carbons (Fsp3) is 0.474. The molecule has 2 unspecified atom stereocenters. The molecule has 6 nitrogen and oxygen atoms in total. The molecule has 2 heterocycles. The Bertz CT molecular complexity index is 756. The lowest BCUT2D eigenvalue weighted by molar-refractivity contribution is 0.0483. The molecule has 1 aliphatic heterocycles. The van der Waals surface area contributed by atoms with E-state index in [1.54, 1.807) is 7.11 Å². The van der Waals surface area contributed by atoms with Gasteiger partial charge in [-0.2, -0.15) is 0 Å². The molecule has 0 aliphatic carbocycles. The van der Waals surface area contributed by atoms with Crippen molar-refractivity contribution >= 4 is 5.91 Å². The van der Waals surface area contributed by atoms with E-state index in [1.807, 2.05) is 36.1 Å². The molecule has 0 bridgehead atoms. The summed E-state index contributed by atoms with van der Waals surface area (Å²) in [5.41, 5.74) is 2.07. The zero-order valence-corrected chi connectivity index (χ0v) is 15.0. The second-order valence-corrected chi connectivity index (χ2v) is 6.72. The van der Waals surface area contributed by atoms with Crippen LogP contribution in [-0.4, -0.2) is 52.2 Å². The second-order valence-electron chi connectivity index (χ2n) is 6.72. The Hall–Kier alpha value is -2.34. The number of hydrogen-bond acceptors (Lipinski definition) is 4. The first-order valence-electron chi connectivity index (χ1n) is 8.66. The normalized spacial score (nSPS) is 20.6. The molecule has 2 N–H and O–H groups in total. The van der Waals surface area contributed by atoms with Crippen molar-refractivity contribution in [2.45, 2.75) is 32.7 Å². The standard InChI is InChI=1S/C19H25N3O3/c1-12-7-8-14(11-23)10-22(12)19(24)17-13(2)20-18(21-17)15-5-4-6-16(9-15)25-3/h4-6,9,12,14,23H,7-8,10-11H2,1-3H3,(H,20,21). The molecule has 6 heteroatoms. The van der Waals surface area contributed by atoms with Crippen molar-refractivity contribution in [1.29, 1.82) is 0 Å². The van der Waals surface area contributed by atoms with Gasteiger partial charge in [0, 0.05) is 30.5 Å². The number of aliphatic hydroxyl groups is 1. The van der Waals surface area contributed by atoms with Gasteiger partial charge in [-0.05, 0) is 44.7 Å². The van der Waals surface area contributed by atoms with Gasteiger partial charge in [0.25, 0.3) is 5.91 Å². The molecule has 134 valence electrons. The molecule has 2 aromatic rings. The predicted octanol–water partition coefficient (Wildman–Crippen LogP) is 2.63. The van der Waals surface area contributed by atoms with Gasteiger partial charge in [0.2, 0.25) is 0 Å². The monoisotopic (exact) mass is 343 g/mol. The number of benzene rings is 1. The maximum atomic E-state index is 13.0. The van der Waals surface area contributed by atoms with Gasteiger partial charge in [0.05, 0.1) is 7.11 Å². The Balaban J connectivity index is 1.87. The SMILES string of the molecule is COc1cccc(-c2nc(C(=O)N3CC(CO)CCC3C)c(C)[nH]2)c1. The van der Waals surface area contributed by atoms with Crippen molar-refractivity contribution in [3.8, 4) is 17.1 Å². The number of aromatic amines is 1. The zero-order valence-electron chi connectivity index (χ0n) is 15.0. The summed E-state index contributed by atoms with van der Waals surface area (Å²) >= 11 is 0. The summed E-state index contributed by atoms with van der Waals surface area (Å²) in [5.74, 6) is 1.48. The number of aromatic nitrogens is 2. The number of aliphatic hydroxyl groups excluding tert-OH is 1. The highest BCUT2D eigenvalue weighted by Gasteiger charge is 2.31. The van der Waals surface area contributed by atoms with Gasteiger partial charge in [0.1, 0.15) is 17.3 Å². The molecule has 1 amide bonds. The van der Waals surface area contributed by atoms with E-state index in [-0.39, 0.29) is 24.5 Å². The number of carbonyl (C=O) groups is 1. The minimum absolute atomic E-state index is 0.0754. The van der Waals surface area contributed by atoms with E-state index in [0.29, 0.717) is 18.1 Å². The van der Waals surface area contributed by atoms with E-state index < -0.39 is 0 Å². The Morgan fingerprint density at radius 1 is 1.44 bits per heavy atom. The minimum Gasteiger partial charge on any atom is -0.497 e. The summed E-state index contributed by atoms with van der Waals surface area (Å²) in [6.45, 7) is 4.61. The molecular formula is C19H25N3O3. The first-order chi connectivity index (χ1) is 12.0. The van der Waals surface area contributed by atoms with Crippen LogP contribution < -0.4 is 4.74 Å². The number of nitrogens with zero attached hydrogens (tertiary/aromatic N) is 2. The topological polar surface area (TPSA) is 78.4 Å². The van der Waals surface area contributed by atoms with Gasteiger partial charge in [-0.15, -0.1) is 0 Å². The maximum absolute atomic E-state index is 13.0. The molecule has 3 rings (SSSR count). The van der Waals surface area contributed by atoms with E-state index in [2.05, 4.69) is 16.9 Å². The van der Waals surface area contributed by atoms with Crippen LogP contribution in [0.5, 0.6) is 5.75 Å². The van der Waals surface area contributed by atoms with Crippen LogP contribution in [0.3, 0.4) is 0 Å². The lowest BCUT2D eigenvalue weighted by atomic mass is 9.94. The summed E-state index contributed by atoms with van der Waals surface area (Å²) < 4.78 is 5.25. The Labute approximate surface area is 147 Å². The van der Waals surface area contributed by atoms with Crippen LogP contribution in [0.2, 0.25) is 0 Å². The highest BCUT2D eigenvalue weighted by atomic mass is 16.5. The lowest BCUT2D eigenvalue weighted by Gasteiger charge is -2.37. The fourth-order valence-electron chi connectivity index (χ4n) is 3.33. The van der Waals surface area contributed by atoms with Crippen LogP contribution in [0.1, 0.15) is 35.9 Å². The minimum atomic E-state index is -0.0754. The number of nitrogens with one attached hydrogen (secondary N) is 1. The Kier molecular flexibility index (Phi) is 5.08. The molecule has 1 aromatic carbocycles. The average molecular weight is 343 g/mol. The number of rotatable bonds is 4. The van der Waals surface area contributed by atoms with Crippen LogP contribution in [0.25, 0.3) is 11.4 Å². The third-order valence-corrected chi connectivity index (χ3v) is 4.93. The molecule has 1 aromatic heterocycles. The van der Waals surface area contributed by atoms with E-state index >= 15 is 0 Å². The summed E-state index contributed by atoms with van der Waals surface area (Å²) in [5, 5.41) is 9.43. The van der Waals surface area contributed by atoms with Crippen LogP contribution >= 0.6 is 0 Å². The van der Waals surface area contributed by atoms with Crippen molar-refractivity contribution in [1.82, 2.24) is 14.9 Å². The van der Waals surface area contributed by atoms with Crippen LogP contribution in [0.15, 0.2) is 24.3 Å². The molecule has 1 fully saturated rings. The highest BCUT2D eigenvalue weighted by Crippen LogP contribution is 2.26. The van der Waals surface area contributed by atoms with E-state index in [0.717, 1.165) is 29.8 Å². The first-order valence-corrected chi connectivity index (χ1v) is 8.66. The van der Waals surface area contributed by atoms with Crippen molar-refractivity contribution in [2.24, 2.45) is 5.92 Å². The molecule has 1 aliphatic rings. The largest absolute Gasteiger partial charge is 0.497 e. The van der Waals surface area contributed by atoms with E-state index in [9.17, 15) is 9.90 Å². The van der Waals surface area contributed by atoms with Crippen LogP contribution in [0.4, 0.5) is 0 Å². The molecule has 0 spiro atoms. The number of ether oxygens (including phenoxy) is 1. The third-order valence-electron chi connectivity index (χ3n) is 4.93. The number of hydrogen-bond donors (Lipinski definition) is 2. The van der Waals surface area contributed by atoms with Crippen molar-refractivity contribution in [3.63, 3.8) is 0 Å². The lowest BCUT2D eigenvalue weighted by Crippen LogP contribution is -2.46. The zero-order chi connectivity index (χ0) is 18.0. The van der Waals surface area contributed by atoms with Crippen LogP contribution in [0, 0.1) is 12.8 Å². The first kappa shape index (κ1) is 17.5. The average Bonchev–Trinajstić information content (AvgIpc) is 3.03. The van der Waals surface area contributed by atoms with Gasteiger partial charge in [-0.25, -0.2) is 4.98 Å². The number of imidazole rings is 1. The molecule has 1 saturated heterocycles. The number of amides is 1. The number of methoxy groups -OCH3 is 1. The second kappa shape index (κ2) is 7.27. The van der Waals surface area contributed by atoms with Gasteiger partial charge in [-0.3, -0.25) is 4.79 Å². The van der Waals surface area contributed by atoms with E-state index in [1.165, 1.54) is 0 Å². The maximum Gasteiger partial charge on any atom is 0.274 e. The van der Waals surface area contributed by atoms with Gasteiger partial charge >= 0.3 is 0 Å². The number of piperidine rings is 1. The smallest absolute Gasteiger partial charge is 0.274 e. The summed E-state index contributed by atoms with van der Waals surface area (Å²) in [6, 6.07) is 7.74. The number of aryl methyl sites for hydroxylation is 1. The molecule has 0 saturated carbocycles. The molecular weight excluding hydrogens is 318 g/mol. The van der Waals surface area contributed by atoms with Crippen molar-refractivity contribution in [2.75, 3.05) is 20.3 Å². The summed E-state index contributed by atoms with van der Waals surface area (Å²) in [4.78, 5) is 22.6. The number of likely N-dealkylation sites (tertiary alicyclic amines) is 1. The number of H-pyrrole nitrogens is 1. The molecule has 0 radical (unpaired) electrons. The summed E-state index contributed by atoms with van der Waals surface area (Å²) in [7, 11) is 1.62. The fourth-order valence-corrected chi connectivity index (χ4v) is 3.33.